The lowest BCUT2D eigenvalue weighted by molar-refractivity contribution is -0.393. The number of benzene rings is 1. The summed E-state index contributed by atoms with van der Waals surface area (Å²) in [6.07, 6.45) is 0.465. The van der Waals surface area contributed by atoms with E-state index in [0.29, 0.717) is 6.42 Å². The lowest BCUT2D eigenvalue weighted by Crippen LogP contribution is -2.53. The molecule has 1 aliphatic rings. The fraction of sp³-hybridized carbons (Fsp3) is 0.562. The fourth-order valence-electron chi connectivity index (χ4n) is 3.34. The lowest BCUT2D eigenvalue weighted by atomic mass is 9.94. The fourth-order valence-corrected chi connectivity index (χ4v) is 3.34. The van der Waals surface area contributed by atoms with Gasteiger partial charge in [0.15, 0.2) is 0 Å². The van der Waals surface area contributed by atoms with Gasteiger partial charge < -0.3 is 10.6 Å². The van der Waals surface area contributed by atoms with Crippen LogP contribution in [0.3, 0.4) is 0 Å². The van der Waals surface area contributed by atoms with Crippen LogP contribution in [0.2, 0.25) is 0 Å². The first kappa shape index (κ1) is 20.5. The summed E-state index contributed by atoms with van der Waals surface area (Å²) in [6, 6.07) is 2.75. The Morgan fingerprint density at radius 2 is 1.85 bits per heavy atom. The Bertz CT molecular complexity index is 779. The van der Waals surface area contributed by atoms with Crippen LogP contribution in [-0.2, 0) is 10.0 Å². The molecule has 1 aromatic carbocycles. The lowest BCUT2D eigenvalue weighted by Gasteiger charge is -2.33. The summed E-state index contributed by atoms with van der Waals surface area (Å²) in [5.74, 6) is -0.438. The van der Waals surface area contributed by atoms with Gasteiger partial charge in [-0.25, -0.2) is 0 Å². The van der Waals surface area contributed by atoms with E-state index in [4.69, 9.17) is 0 Å². The molecule has 11 heteroatoms. The second-order valence-corrected chi connectivity index (χ2v) is 7.65. The number of anilines is 1. The van der Waals surface area contributed by atoms with Crippen LogP contribution in [0.5, 0.6) is 0 Å². The number of nitro benzene ring substituents is 2. The van der Waals surface area contributed by atoms with E-state index in [1.165, 1.54) is 6.07 Å². The van der Waals surface area contributed by atoms with Crippen LogP contribution in [-0.4, -0.2) is 44.5 Å². The van der Waals surface area contributed by atoms with Crippen molar-refractivity contribution in [1.82, 2.24) is 10.4 Å². The summed E-state index contributed by atoms with van der Waals surface area (Å²) in [5, 5.41) is 40.6. The first-order valence-corrected chi connectivity index (χ1v) is 8.30. The summed E-state index contributed by atoms with van der Waals surface area (Å²) in [5.41, 5.74) is -2.32. The summed E-state index contributed by atoms with van der Waals surface area (Å²) >= 11 is 0. The Morgan fingerprint density at radius 1 is 1.22 bits per heavy atom. The zero-order valence-corrected chi connectivity index (χ0v) is 15.5. The molecule has 147 valence electrons. The predicted octanol–water partition coefficient (Wildman–Crippen LogP) is 2.01. The number of nitrogens with zero attached hydrogens (tertiary/aromatic N) is 3. The van der Waals surface area contributed by atoms with E-state index in [9.17, 15) is 30.2 Å². The summed E-state index contributed by atoms with van der Waals surface area (Å²) in [6.45, 7) is 6.81. The molecule has 1 unspecified atom stereocenters. The molecule has 1 fully saturated rings. The highest BCUT2D eigenvalue weighted by atomic mass is 16.6. The van der Waals surface area contributed by atoms with Crippen LogP contribution in [0.1, 0.15) is 34.1 Å². The minimum atomic E-state index is -0.793. The van der Waals surface area contributed by atoms with Gasteiger partial charge in [-0.1, -0.05) is 0 Å². The Labute approximate surface area is 155 Å². The molecule has 0 bridgehead atoms. The monoisotopic (exact) mass is 380 g/mol. The minimum Gasteiger partial charge on any atom is -0.371 e. The van der Waals surface area contributed by atoms with E-state index in [-0.39, 0.29) is 18.3 Å². The van der Waals surface area contributed by atoms with Gasteiger partial charge >= 0.3 is 0 Å². The van der Waals surface area contributed by atoms with E-state index in [1.54, 1.807) is 27.7 Å². The number of hydrogen-bond donors (Lipinski definition) is 2. The Kier molecular flexibility index (Phi) is 5.38. The maximum Gasteiger partial charge on any atom is 0.299 e. The molecule has 0 spiro atoms. The van der Waals surface area contributed by atoms with Crippen molar-refractivity contribution in [2.75, 3.05) is 11.9 Å². The smallest absolute Gasteiger partial charge is 0.299 e. The molecule has 0 saturated carbocycles. The number of hydrogen-bond acceptors (Lipinski definition) is 7. The molecule has 27 heavy (non-hydrogen) atoms. The highest BCUT2D eigenvalue weighted by molar-refractivity contribution is 5.82. The summed E-state index contributed by atoms with van der Waals surface area (Å²) < 4.78 is 0. The van der Waals surface area contributed by atoms with Gasteiger partial charge in [0.1, 0.15) is 5.69 Å². The number of rotatable bonds is 6. The van der Waals surface area contributed by atoms with Crippen LogP contribution >= 0.6 is 0 Å². The third-order valence-electron chi connectivity index (χ3n) is 4.79. The predicted molar refractivity (Wildman–Crippen MR) is 95.5 cm³/mol. The topological polar surface area (TPSA) is 151 Å². The van der Waals surface area contributed by atoms with Crippen molar-refractivity contribution in [3.05, 3.63) is 38.4 Å². The molecule has 0 aromatic heterocycles. The van der Waals surface area contributed by atoms with Crippen molar-refractivity contribution in [3.63, 3.8) is 0 Å². The van der Waals surface area contributed by atoms with Crippen molar-refractivity contribution in [1.29, 1.82) is 0 Å². The number of hydroxylamine groups is 2. The number of nitro groups is 2. The molecule has 1 aliphatic heterocycles. The molecule has 1 amide bonds. The van der Waals surface area contributed by atoms with Gasteiger partial charge in [-0.15, -0.1) is 10.3 Å². The van der Waals surface area contributed by atoms with Crippen LogP contribution < -0.4 is 10.6 Å². The Balaban J connectivity index is 2.06. The van der Waals surface area contributed by atoms with Gasteiger partial charge in [0.25, 0.3) is 11.4 Å². The largest absolute Gasteiger partial charge is 0.371 e. The molecule has 2 rings (SSSR count). The minimum absolute atomic E-state index is 0.00258. The van der Waals surface area contributed by atoms with Crippen LogP contribution in [0.15, 0.2) is 18.2 Å². The number of non-ortho nitro benzene ring substituents is 1. The number of carbonyl (C=O) groups is 1. The molecule has 2 N–H and O–H groups in total. The number of nitrogens with one attached hydrogen (secondary N) is 2. The molecule has 1 atom stereocenters. The van der Waals surface area contributed by atoms with E-state index in [1.807, 2.05) is 0 Å². The highest BCUT2D eigenvalue weighted by Gasteiger charge is 2.52. The normalized spacial score (nSPS) is 20.9. The molecule has 1 saturated heterocycles. The van der Waals surface area contributed by atoms with Gasteiger partial charge in [0.05, 0.1) is 34.0 Å². The standard InChI is InChI=1S/C16H22N5O6/c1-15(2)8-13(16(3,4)21(15)27)18-14(22)9-17-11-6-5-10(19(23)24)7-12(11)20(25)26/h5-7,13,17H,8-9H2,1-4H3,(H,18,22). The average molecular weight is 380 g/mol. The van der Waals surface area contributed by atoms with Gasteiger partial charge in [-0.2, -0.15) is 0 Å². The molecule has 0 aliphatic carbocycles. The van der Waals surface area contributed by atoms with Crippen LogP contribution in [0.4, 0.5) is 17.1 Å². The average Bonchev–Trinajstić information content (AvgIpc) is 2.72. The molecule has 1 radical (unpaired) electrons. The molecule has 1 heterocycles. The Hall–Kier alpha value is -2.79. The second kappa shape index (κ2) is 7.08. The summed E-state index contributed by atoms with van der Waals surface area (Å²) in [4.78, 5) is 32.6. The van der Waals surface area contributed by atoms with Crippen molar-refractivity contribution in [2.24, 2.45) is 0 Å². The van der Waals surface area contributed by atoms with Crippen molar-refractivity contribution >= 4 is 23.0 Å². The van der Waals surface area contributed by atoms with Gasteiger partial charge in [0.2, 0.25) is 5.91 Å². The first-order valence-electron chi connectivity index (χ1n) is 8.30. The molecular formula is C16H22N5O6. The quantitative estimate of drug-likeness (QED) is 0.566. The van der Waals surface area contributed by atoms with E-state index >= 15 is 0 Å². The van der Waals surface area contributed by atoms with Crippen LogP contribution in [0, 0.1) is 20.2 Å². The Morgan fingerprint density at radius 3 is 2.33 bits per heavy atom. The van der Waals surface area contributed by atoms with Crippen molar-refractivity contribution in [3.8, 4) is 0 Å². The maximum atomic E-state index is 12.3. The van der Waals surface area contributed by atoms with Gasteiger partial charge in [0, 0.05) is 11.6 Å². The molecular weight excluding hydrogens is 358 g/mol. The van der Waals surface area contributed by atoms with Crippen molar-refractivity contribution < 1.29 is 19.8 Å². The van der Waals surface area contributed by atoms with Gasteiger partial charge in [-0.3, -0.25) is 25.0 Å². The zero-order chi connectivity index (χ0) is 20.6. The highest BCUT2D eigenvalue weighted by Crippen LogP contribution is 2.39. The summed E-state index contributed by atoms with van der Waals surface area (Å²) in [7, 11) is 0. The molecule has 1 aromatic rings. The SMILES string of the molecule is CC1(C)CC(NC(=O)CNc2ccc([N+](=O)[O-])cc2[N+](=O)[O-])C(C)(C)N1[O]. The molecule has 11 nitrogen and oxygen atoms in total. The van der Waals surface area contributed by atoms with E-state index < -0.39 is 38.2 Å². The van der Waals surface area contributed by atoms with E-state index in [2.05, 4.69) is 10.6 Å². The third kappa shape index (κ3) is 4.14. The number of carbonyl (C=O) groups excluding carboxylic acids is 1. The van der Waals surface area contributed by atoms with Crippen LogP contribution in [0.25, 0.3) is 0 Å². The first-order chi connectivity index (χ1) is 12.4. The maximum absolute atomic E-state index is 12.3. The van der Waals surface area contributed by atoms with Crippen molar-refractivity contribution in [2.45, 2.75) is 51.2 Å². The van der Waals surface area contributed by atoms with Gasteiger partial charge in [-0.05, 0) is 40.2 Å². The zero-order valence-electron chi connectivity index (χ0n) is 15.5. The second-order valence-electron chi connectivity index (χ2n) is 7.65. The number of amides is 1. The van der Waals surface area contributed by atoms with E-state index in [0.717, 1.165) is 17.2 Å². The third-order valence-corrected chi connectivity index (χ3v) is 4.79.